The van der Waals surface area contributed by atoms with Crippen LogP contribution in [0.3, 0.4) is 0 Å². The minimum atomic E-state index is -0.156. The van der Waals surface area contributed by atoms with Crippen molar-refractivity contribution in [3.05, 3.63) is 22.7 Å². The number of carbonyl (C=O) groups is 2. The van der Waals surface area contributed by atoms with Gasteiger partial charge in [0.1, 0.15) is 5.75 Å². The van der Waals surface area contributed by atoms with Crippen molar-refractivity contribution < 1.29 is 14.3 Å². The first-order chi connectivity index (χ1) is 11.3. The lowest BCUT2D eigenvalue weighted by atomic mass is 10.1. The summed E-state index contributed by atoms with van der Waals surface area (Å²) in [5.74, 6) is 0.262. The summed E-state index contributed by atoms with van der Waals surface area (Å²) in [6.07, 6.45) is 0.220. The van der Waals surface area contributed by atoms with Crippen molar-refractivity contribution in [3.8, 4) is 5.75 Å². The van der Waals surface area contributed by atoms with Crippen LogP contribution in [0.1, 0.15) is 18.9 Å². The van der Waals surface area contributed by atoms with E-state index in [1.165, 1.54) is 18.9 Å². The van der Waals surface area contributed by atoms with E-state index < -0.39 is 0 Å². The standard InChI is InChI=1S/C17H26ClN3O3/c1-12-10-15(16(24-5)11-14(12)18)21(13(2)22)8-6-17(23)19-7-9-20(3)4/h10-11H,6-9H2,1-5H3,(H,19,23). The summed E-state index contributed by atoms with van der Waals surface area (Å²) in [7, 11) is 5.41. The molecule has 1 rings (SSSR count). The lowest BCUT2D eigenvalue weighted by molar-refractivity contribution is -0.121. The van der Waals surface area contributed by atoms with E-state index in [9.17, 15) is 9.59 Å². The predicted molar refractivity (Wildman–Crippen MR) is 96.9 cm³/mol. The molecule has 0 saturated heterocycles. The highest BCUT2D eigenvalue weighted by molar-refractivity contribution is 6.31. The molecule has 0 radical (unpaired) electrons. The number of nitrogens with zero attached hydrogens (tertiary/aromatic N) is 2. The van der Waals surface area contributed by atoms with Gasteiger partial charge in [0, 0.05) is 44.1 Å². The fourth-order valence-corrected chi connectivity index (χ4v) is 2.34. The molecule has 1 N–H and O–H groups in total. The maximum absolute atomic E-state index is 12.0. The Morgan fingerprint density at radius 3 is 2.46 bits per heavy atom. The number of hydrogen-bond donors (Lipinski definition) is 1. The number of anilines is 1. The quantitative estimate of drug-likeness (QED) is 0.775. The molecule has 2 amide bonds. The summed E-state index contributed by atoms with van der Waals surface area (Å²) in [5.41, 5.74) is 1.46. The van der Waals surface area contributed by atoms with Gasteiger partial charge < -0.3 is 19.9 Å². The Labute approximate surface area is 148 Å². The van der Waals surface area contributed by atoms with Gasteiger partial charge in [-0.25, -0.2) is 0 Å². The number of halogens is 1. The van der Waals surface area contributed by atoms with Crippen LogP contribution in [0.5, 0.6) is 5.75 Å². The first-order valence-corrected chi connectivity index (χ1v) is 8.17. The van der Waals surface area contributed by atoms with E-state index in [0.717, 1.165) is 12.1 Å². The summed E-state index contributed by atoms with van der Waals surface area (Å²) < 4.78 is 5.33. The molecule has 0 spiro atoms. The normalized spacial score (nSPS) is 10.6. The van der Waals surface area contributed by atoms with Crippen LogP contribution < -0.4 is 15.0 Å². The number of benzene rings is 1. The second-order valence-corrected chi connectivity index (χ2v) is 6.25. The van der Waals surface area contributed by atoms with Gasteiger partial charge in [-0.15, -0.1) is 0 Å². The lowest BCUT2D eigenvalue weighted by Crippen LogP contribution is -2.36. The molecule has 0 bridgehead atoms. The second kappa shape index (κ2) is 9.49. The molecule has 0 unspecified atom stereocenters. The maximum Gasteiger partial charge on any atom is 0.223 e. The van der Waals surface area contributed by atoms with Crippen molar-refractivity contribution in [2.24, 2.45) is 0 Å². The molecular formula is C17H26ClN3O3. The fraction of sp³-hybridized carbons (Fsp3) is 0.529. The third-order valence-corrected chi connectivity index (χ3v) is 3.98. The maximum atomic E-state index is 12.0. The fourth-order valence-electron chi connectivity index (χ4n) is 2.19. The Bertz CT molecular complexity index is 591. The zero-order valence-electron chi connectivity index (χ0n) is 15.0. The smallest absolute Gasteiger partial charge is 0.223 e. The molecule has 6 nitrogen and oxygen atoms in total. The summed E-state index contributed by atoms with van der Waals surface area (Å²) in [4.78, 5) is 27.5. The lowest BCUT2D eigenvalue weighted by Gasteiger charge is -2.24. The highest BCUT2D eigenvalue weighted by Crippen LogP contribution is 2.34. The van der Waals surface area contributed by atoms with Crippen LogP contribution in [0.4, 0.5) is 5.69 Å². The molecule has 0 fully saturated rings. The van der Waals surface area contributed by atoms with Gasteiger partial charge in [-0.3, -0.25) is 9.59 Å². The van der Waals surface area contributed by atoms with Gasteiger partial charge in [-0.1, -0.05) is 11.6 Å². The van der Waals surface area contributed by atoms with Gasteiger partial charge in [0.05, 0.1) is 12.8 Å². The zero-order valence-corrected chi connectivity index (χ0v) is 15.7. The average Bonchev–Trinajstić information content (AvgIpc) is 2.49. The number of carbonyl (C=O) groups excluding carboxylic acids is 2. The summed E-state index contributed by atoms with van der Waals surface area (Å²) >= 11 is 6.11. The minimum Gasteiger partial charge on any atom is -0.495 e. The Kier molecular flexibility index (Phi) is 8.01. The number of methoxy groups -OCH3 is 1. The van der Waals surface area contributed by atoms with Crippen molar-refractivity contribution in [3.63, 3.8) is 0 Å². The van der Waals surface area contributed by atoms with Crippen LogP contribution in [0, 0.1) is 6.92 Å². The third kappa shape index (κ3) is 6.02. The molecule has 24 heavy (non-hydrogen) atoms. The van der Waals surface area contributed by atoms with Gasteiger partial charge in [0.25, 0.3) is 0 Å². The molecule has 0 aromatic heterocycles. The van der Waals surface area contributed by atoms with Crippen LogP contribution in [-0.2, 0) is 9.59 Å². The van der Waals surface area contributed by atoms with Crippen molar-refractivity contribution in [2.45, 2.75) is 20.3 Å². The Morgan fingerprint density at radius 2 is 1.92 bits per heavy atom. The number of ether oxygens (including phenoxy) is 1. The van der Waals surface area contributed by atoms with Crippen molar-refractivity contribution >= 4 is 29.1 Å². The first kappa shape index (κ1) is 20.3. The Hall–Kier alpha value is -1.79. The van der Waals surface area contributed by atoms with Gasteiger partial charge in [-0.2, -0.15) is 0 Å². The number of likely N-dealkylation sites (N-methyl/N-ethyl adjacent to an activating group) is 1. The van der Waals surface area contributed by atoms with E-state index in [4.69, 9.17) is 16.3 Å². The molecule has 0 aliphatic rings. The molecule has 0 saturated carbocycles. The van der Waals surface area contributed by atoms with Crippen LogP contribution in [0.15, 0.2) is 12.1 Å². The van der Waals surface area contributed by atoms with Crippen molar-refractivity contribution in [1.29, 1.82) is 0 Å². The van der Waals surface area contributed by atoms with E-state index >= 15 is 0 Å². The number of rotatable bonds is 8. The molecular weight excluding hydrogens is 330 g/mol. The molecule has 0 aliphatic carbocycles. The van der Waals surface area contributed by atoms with Crippen LogP contribution >= 0.6 is 11.6 Å². The first-order valence-electron chi connectivity index (χ1n) is 7.80. The molecule has 0 atom stereocenters. The van der Waals surface area contributed by atoms with Gasteiger partial charge >= 0.3 is 0 Å². The summed E-state index contributed by atoms with van der Waals surface area (Å²) in [6.45, 7) is 4.95. The summed E-state index contributed by atoms with van der Waals surface area (Å²) in [5, 5.41) is 3.41. The molecule has 0 heterocycles. The number of aryl methyl sites for hydroxylation is 1. The monoisotopic (exact) mass is 355 g/mol. The summed E-state index contributed by atoms with van der Waals surface area (Å²) in [6, 6.07) is 3.48. The molecule has 0 aliphatic heterocycles. The van der Waals surface area contributed by atoms with Gasteiger partial charge in [-0.05, 0) is 32.6 Å². The molecule has 1 aromatic carbocycles. The highest BCUT2D eigenvalue weighted by Gasteiger charge is 2.19. The van der Waals surface area contributed by atoms with E-state index in [0.29, 0.717) is 23.0 Å². The van der Waals surface area contributed by atoms with Crippen molar-refractivity contribution in [1.82, 2.24) is 10.2 Å². The van der Waals surface area contributed by atoms with Crippen LogP contribution in [0.2, 0.25) is 5.02 Å². The minimum absolute atomic E-state index is 0.0900. The van der Waals surface area contributed by atoms with Gasteiger partial charge in [0.15, 0.2) is 0 Å². The number of nitrogens with one attached hydrogen (secondary N) is 1. The largest absolute Gasteiger partial charge is 0.495 e. The van der Waals surface area contributed by atoms with Gasteiger partial charge in [0.2, 0.25) is 11.8 Å². The van der Waals surface area contributed by atoms with Crippen molar-refractivity contribution in [2.75, 3.05) is 45.7 Å². The molecule has 7 heteroatoms. The second-order valence-electron chi connectivity index (χ2n) is 5.85. The Morgan fingerprint density at radius 1 is 1.25 bits per heavy atom. The zero-order chi connectivity index (χ0) is 18.3. The third-order valence-electron chi connectivity index (χ3n) is 3.57. The highest BCUT2D eigenvalue weighted by atomic mass is 35.5. The number of amides is 2. The predicted octanol–water partition coefficient (Wildman–Crippen LogP) is 2.08. The van der Waals surface area contributed by atoms with E-state index in [2.05, 4.69) is 5.32 Å². The van der Waals surface area contributed by atoms with E-state index in [1.807, 2.05) is 25.9 Å². The van der Waals surface area contributed by atoms with Crippen LogP contribution in [-0.4, -0.2) is 57.6 Å². The molecule has 134 valence electrons. The van der Waals surface area contributed by atoms with E-state index in [-0.39, 0.29) is 24.8 Å². The van der Waals surface area contributed by atoms with E-state index in [1.54, 1.807) is 12.1 Å². The Balaban J connectivity index is 2.80. The molecule has 1 aromatic rings. The van der Waals surface area contributed by atoms with Crippen LogP contribution in [0.25, 0.3) is 0 Å². The number of hydrogen-bond acceptors (Lipinski definition) is 4. The SMILES string of the molecule is COc1cc(Cl)c(C)cc1N(CCC(=O)NCCN(C)C)C(C)=O. The average molecular weight is 356 g/mol. The topological polar surface area (TPSA) is 61.9 Å².